The molecule has 11 heteroatoms. The zero-order chi connectivity index (χ0) is 20.6. The monoisotopic (exact) mass is 390 g/mol. The van der Waals surface area contributed by atoms with Gasteiger partial charge in [-0.05, 0) is 37.1 Å². The van der Waals surface area contributed by atoms with E-state index in [9.17, 15) is 29.8 Å². The molecule has 27 heavy (non-hydrogen) atoms. The van der Waals surface area contributed by atoms with Crippen molar-refractivity contribution in [2.24, 2.45) is 9.98 Å². The van der Waals surface area contributed by atoms with Gasteiger partial charge in [-0.2, -0.15) is 9.98 Å². The van der Waals surface area contributed by atoms with Crippen LogP contribution in [0.1, 0.15) is 11.1 Å². The van der Waals surface area contributed by atoms with E-state index in [1.807, 2.05) is 0 Å². The highest BCUT2D eigenvalue weighted by Gasteiger charge is 2.14. The van der Waals surface area contributed by atoms with Gasteiger partial charge in [0.05, 0.1) is 14.9 Å². The van der Waals surface area contributed by atoms with Gasteiger partial charge in [0.2, 0.25) is 12.2 Å². The molecule has 0 saturated heterocycles. The van der Waals surface area contributed by atoms with Crippen LogP contribution < -0.4 is 0 Å². The first kappa shape index (κ1) is 21.3. The maximum Gasteiger partial charge on any atom is 0.296 e. The second-order valence-electron chi connectivity index (χ2n) is 4.98. The molecule has 0 aliphatic carbocycles. The lowest BCUT2D eigenvalue weighted by Crippen LogP contribution is -1.91. The Hall–Kier alpha value is -3.71. The Morgan fingerprint density at radius 3 is 1.96 bits per heavy atom. The summed E-state index contributed by atoms with van der Waals surface area (Å²) in [5, 5.41) is 21.0. The smallest absolute Gasteiger partial charge is 0.258 e. The van der Waals surface area contributed by atoms with E-state index in [1.54, 1.807) is 13.8 Å². The number of hydrogen-bond acceptors (Lipinski definition) is 8. The molecule has 0 bridgehead atoms. The van der Waals surface area contributed by atoms with Gasteiger partial charge in [-0.1, -0.05) is 11.6 Å². The second kappa shape index (κ2) is 9.69. The normalized spacial score (nSPS) is 9.15. The van der Waals surface area contributed by atoms with Crippen LogP contribution >= 0.6 is 11.6 Å². The van der Waals surface area contributed by atoms with Crippen LogP contribution in [0.2, 0.25) is 5.02 Å². The van der Waals surface area contributed by atoms with Crippen LogP contribution in [0.4, 0.5) is 22.7 Å². The van der Waals surface area contributed by atoms with Crippen LogP contribution in [-0.4, -0.2) is 22.0 Å². The van der Waals surface area contributed by atoms with Gasteiger partial charge >= 0.3 is 0 Å². The van der Waals surface area contributed by atoms with Gasteiger partial charge in [0.25, 0.3) is 11.4 Å². The van der Waals surface area contributed by atoms with Crippen molar-refractivity contribution in [1.29, 1.82) is 0 Å². The average Bonchev–Trinajstić information content (AvgIpc) is 2.60. The maximum absolute atomic E-state index is 10.6. The van der Waals surface area contributed by atoms with E-state index in [-0.39, 0.29) is 27.8 Å². The molecule has 138 valence electrons. The molecule has 0 heterocycles. The van der Waals surface area contributed by atoms with Crippen molar-refractivity contribution in [2.75, 3.05) is 0 Å². The number of aliphatic imine (C=N–C) groups is 2. The fourth-order valence-corrected chi connectivity index (χ4v) is 1.98. The highest BCUT2D eigenvalue weighted by atomic mass is 35.5. The highest BCUT2D eigenvalue weighted by molar-refractivity contribution is 6.33. The SMILES string of the molecule is Cc1cc(N=C=O)c([N+](=O)[O-])cc1C.O=C=Nc1cc([N+](=O)[O-])ccc1Cl. The van der Waals surface area contributed by atoms with Crippen molar-refractivity contribution in [1.82, 2.24) is 0 Å². The van der Waals surface area contributed by atoms with E-state index in [1.165, 1.54) is 36.4 Å². The van der Waals surface area contributed by atoms with E-state index < -0.39 is 9.85 Å². The lowest BCUT2D eigenvalue weighted by molar-refractivity contribution is -0.384. The first-order chi connectivity index (χ1) is 12.7. The topological polar surface area (TPSA) is 145 Å². The number of nitrogens with zero attached hydrogens (tertiary/aromatic N) is 4. The van der Waals surface area contributed by atoms with Crippen LogP contribution in [0, 0.1) is 34.1 Å². The molecule has 0 radical (unpaired) electrons. The molecular weight excluding hydrogens is 380 g/mol. The van der Waals surface area contributed by atoms with Crippen LogP contribution in [0.5, 0.6) is 0 Å². The zero-order valence-corrected chi connectivity index (χ0v) is 14.8. The quantitative estimate of drug-likeness (QED) is 0.327. The van der Waals surface area contributed by atoms with Crippen molar-refractivity contribution in [2.45, 2.75) is 13.8 Å². The van der Waals surface area contributed by atoms with Crippen LogP contribution in [0.25, 0.3) is 0 Å². The molecule has 0 unspecified atom stereocenters. The molecule has 0 amide bonds. The molecule has 10 nitrogen and oxygen atoms in total. The Kier molecular flexibility index (Phi) is 7.66. The standard InChI is InChI=1S/C9H8N2O3.C7H3ClN2O3/c1-6-3-8(10-5-12)9(11(13)14)4-7(6)2;8-6-2-1-5(10(12)13)3-7(6)9-4-11/h3-4H,1-2H3;1-3H. The summed E-state index contributed by atoms with van der Waals surface area (Å²) in [4.78, 5) is 46.1. The van der Waals surface area contributed by atoms with E-state index in [0.717, 1.165) is 17.2 Å². The number of hydrogen-bond donors (Lipinski definition) is 0. The van der Waals surface area contributed by atoms with Gasteiger partial charge in [0, 0.05) is 18.2 Å². The Morgan fingerprint density at radius 1 is 0.889 bits per heavy atom. The van der Waals surface area contributed by atoms with E-state index in [0.29, 0.717) is 0 Å². The summed E-state index contributed by atoms with van der Waals surface area (Å²) in [5.41, 5.74) is 1.40. The summed E-state index contributed by atoms with van der Waals surface area (Å²) >= 11 is 5.58. The molecule has 0 saturated carbocycles. The predicted molar refractivity (Wildman–Crippen MR) is 96.2 cm³/mol. The summed E-state index contributed by atoms with van der Waals surface area (Å²) in [6.07, 6.45) is 2.56. The molecule has 0 spiro atoms. The predicted octanol–water partition coefficient (Wildman–Crippen LogP) is 4.39. The Bertz CT molecular complexity index is 968. The zero-order valence-electron chi connectivity index (χ0n) is 14.0. The molecule has 2 aromatic carbocycles. The molecule has 2 rings (SSSR count). The summed E-state index contributed by atoms with van der Waals surface area (Å²) in [6.45, 7) is 3.56. The second-order valence-corrected chi connectivity index (χ2v) is 5.39. The third kappa shape index (κ3) is 5.94. The fourth-order valence-electron chi connectivity index (χ4n) is 1.82. The van der Waals surface area contributed by atoms with Crippen LogP contribution in [0.15, 0.2) is 40.3 Å². The van der Waals surface area contributed by atoms with Gasteiger partial charge in [-0.25, -0.2) is 9.59 Å². The first-order valence-corrected chi connectivity index (χ1v) is 7.44. The molecule has 0 N–H and O–H groups in total. The molecule has 0 aromatic heterocycles. The summed E-state index contributed by atoms with van der Waals surface area (Å²) in [5.74, 6) is 0. The molecule has 0 aliphatic heterocycles. The number of nitro benzene ring substituents is 2. The van der Waals surface area contributed by atoms with Crippen molar-refractivity contribution in [3.63, 3.8) is 0 Å². The van der Waals surface area contributed by atoms with E-state index in [2.05, 4.69) is 9.98 Å². The number of non-ortho nitro benzene ring substituents is 1. The maximum atomic E-state index is 10.6. The lowest BCUT2D eigenvalue weighted by Gasteiger charge is -2.01. The number of halogens is 1. The Balaban J connectivity index is 0.000000271. The summed E-state index contributed by atoms with van der Waals surface area (Å²) in [7, 11) is 0. The number of nitro groups is 2. The van der Waals surface area contributed by atoms with Crippen molar-refractivity contribution >= 4 is 46.5 Å². The molecule has 2 aromatic rings. The lowest BCUT2D eigenvalue weighted by atomic mass is 10.1. The van der Waals surface area contributed by atoms with Crippen LogP contribution in [-0.2, 0) is 9.59 Å². The third-order valence-electron chi connectivity index (χ3n) is 3.26. The van der Waals surface area contributed by atoms with Crippen molar-refractivity contribution in [3.8, 4) is 0 Å². The Labute approximate surface area is 157 Å². The van der Waals surface area contributed by atoms with Crippen LogP contribution in [0.3, 0.4) is 0 Å². The number of benzene rings is 2. The molecule has 0 aliphatic rings. The average molecular weight is 391 g/mol. The number of rotatable bonds is 4. The van der Waals surface area contributed by atoms with Gasteiger partial charge in [-0.3, -0.25) is 20.2 Å². The van der Waals surface area contributed by atoms with E-state index >= 15 is 0 Å². The summed E-state index contributed by atoms with van der Waals surface area (Å²) in [6, 6.07) is 6.53. The van der Waals surface area contributed by atoms with Gasteiger partial charge < -0.3 is 0 Å². The van der Waals surface area contributed by atoms with Crippen molar-refractivity contribution < 1.29 is 19.4 Å². The number of aryl methyl sites for hydroxylation is 2. The first-order valence-electron chi connectivity index (χ1n) is 7.06. The highest BCUT2D eigenvalue weighted by Crippen LogP contribution is 2.30. The van der Waals surface area contributed by atoms with E-state index in [4.69, 9.17) is 11.6 Å². The number of isocyanates is 2. The van der Waals surface area contributed by atoms with Crippen molar-refractivity contribution in [3.05, 3.63) is 66.7 Å². The number of carbonyl (C=O) groups excluding carboxylic acids is 2. The largest absolute Gasteiger partial charge is 0.296 e. The molecule has 0 fully saturated rings. The summed E-state index contributed by atoms with van der Waals surface area (Å²) < 4.78 is 0. The fraction of sp³-hybridized carbons (Fsp3) is 0.125. The minimum absolute atomic E-state index is 0.0471. The minimum atomic E-state index is -0.597. The van der Waals surface area contributed by atoms with Gasteiger partial charge in [-0.15, -0.1) is 0 Å². The third-order valence-corrected chi connectivity index (χ3v) is 3.58. The minimum Gasteiger partial charge on any atom is -0.258 e. The Morgan fingerprint density at radius 2 is 1.44 bits per heavy atom. The molecular formula is C16H11ClN4O6. The van der Waals surface area contributed by atoms with Gasteiger partial charge in [0.1, 0.15) is 5.69 Å². The molecule has 0 atom stereocenters. The van der Waals surface area contributed by atoms with Gasteiger partial charge in [0.15, 0.2) is 5.69 Å².